The molecule has 0 spiro atoms. The molecule has 0 radical (unpaired) electrons. The van der Waals surface area contributed by atoms with Crippen molar-refractivity contribution in [2.24, 2.45) is 5.41 Å². The van der Waals surface area contributed by atoms with Crippen LogP contribution in [0.2, 0.25) is 0 Å². The lowest BCUT2D eigenvalue weighted by Crippen LogP contribution is -2.46. The van der Waals surface area contributed by atoms with Crippen molar-refractivity contribution >= 4 is 17.2 Å². The van der Waals surface area contributed by atoms with Gasteiger partial charge in [-0.1, -0.05) is 6.92 Å². The Bertz CT molecular complexity index is 461. The number of carbonyl (C=O) groups excluding carboxylic acids is 1. The van der Waals surface area contributed by atoms with Crippen LogP contribution in [0.15, 0.2) is 6.07 Å². The minimum Gasteiger partial charge on any atom is -0.349 e. The Morgan fingerprint density at radius 3 is 2.58 bits per heavy atom. The number of piperidine rings is 1. The first-order valence-corrected chi connectivity index (χ1v) is 7.83. The van der Waals surface area contributed by atoms with Gasteiger partial charge in [0.1, 0.15) is 0 Å². The summed E-state index contributed by atoms with van der Waals surface area (Å²) >= 11 is 1.80. The highest BCUT2D eigenvalue weighted by molar-refractivity contribution is 7.12. The Labute approximate surface area is 119 Å². The molecule has 3 nitrogen and oxygen atoms in total. The van der Waals surface area contributed by atoms with Crippen LogP contribution in [-0.2, 0) is 4.79 Å². The SMILES string of the molecule is Cc1cc(C(C)NC(=O)C2(C)CCNCC2)c(C)s1. The third kappa shape index (κ3) is 3.18. The zero-order valence-electron chi connectivity index (χ0n) is 12.3. The standard InChI is InChI=1S/C15H24N2OS/c1-10-9-13(12(3)19-10)11(2)17-14(18)15(4)5-7-16-8-6-15/h9,11,16H,5-8H2,1-4H3,(H,17,18). The van der Waals surface area contributed by atoms with Gasteiger partial charge in [-0.3, -0.25) is 4.79 Å². The lowest BCUT2D eigenvalue weighted by molar-refractivity contribution is -0.132. The van der Waals surface area contributed by atoms with Gasteiger partial charge in [-0.05, 0) is 58.3 Å². The lowest BCUT2D eigenvalue weighted by atomic mass is 9.80. The van der Waals surface area contributed by atoms with Crippen molar-refractivity contribution in [1.82, 2.24) is 10.6 Å². The van der Waals surface area contributed by atoms with Crippen molar-refractivity contribution < 1.29 is 4.79 Å². The number of hydrogen-bond donors (Lipinski definition) is 2. The van der Waals surface area contributed by atoms with Gasteiger partial charge in [-0.2, -0.15) is 0 Å². The van der Waals surface area contributed by atoms with Crippen LogP contribution in [0.4, 0.5) is 0 Å². The molecule has 1 saturated heterocycles. The summed E-state index contributed by atoms with van der Waals surface area (Å²) in [5, 5.41) is 6.51. The smallest absolute Gasteiger partial charge is 0.226 e. The Hall–Kier alpha value is -0.870. The zero-order chi connectivity index (χ0) is 14.0. The maximum absolute atomic E-state index is 12.5. The highest BCUT2D eigenvalue weighted by atomic mass is 32.1. The van der Waals surface area contributed by atoms with Crippen molar-refractivity contribution in [3.63, 3.8) is 0 Å². The van der Waals surface area contributed by atoms with Crippen LogP contribution in [0.1, 0.15) is 48.0 Å². The second-order valence-electron chi connectivity index (χ2n) is 5.87. The molecule has 1 unspecified atom stereocenters. The van der Waals surface area contributed by atoms with E-state index in [1.165, 1.54) is 15.3 Å². The molecule has 4 heteroatoms. The summed E-state index contributed by atoms with van der Waals surface area (Å²) in [5.74, 6) is 0.199. The van der Waals surface area contributed by atoms with Crippen LogP contribution in [0.5, 0.6) is 0 Å². The summed E-state index contributed by atoms with van der Waals surface area (Å²) in [6.07, 6.45) is 1.85. The molecule has 1 aliphatic rings. The summed E-state index contributed by atoms with van der Waals surface area (Å²) in [6.45, 7) is 10.3. The molecule has 1 aliphatic heterocycles. The predicted molar refractivity (Wildman–Crippen MR) is 80.6 cm³/mol. The molecule has 1 atom stereocenters. The largest absolute Gasteiger partial charge is 0.349 e. The van der Waals surface area contributed by atoms with Crippen molar-refractivity contribution in [3.8, 4) is 0 Å². The van der Waals surface area contributed by atoms with Gasteiger partial charge in [0.25, 0.3) is 0 Å². The van der Waals surface area contributed by atoms with Crippen molar-refractivity contribution in [3.05, 3.63) is 21.4 Å². The second kappa shape index (κ2) is 5.63. The van der Waals surface area contributed by atoms with Crippen LogP contribution >= 0.6 is 11.3 Å². The molecule has 0 aromatic carbocycles. The van der Waals surface area contributed by atoms with Crippen molar-refractivity contribution in [2.75, 3.05) is 13.1 Å². The fourth-order valence-electron chi connectivity index (χ4n) is 2.73. The van der Waals surface area contributed by atoms with Gasteiger partial charge in [0.15, 0.2) is 0 Å². The molecule has 106 valence electrons. The molecule has 19 heavy (non-hydrogen) atoms. The van der Waals surface area contributed by atoms with E-state index < -0.39 is 0 Å². The number of hydrogen-bond acceptors (Lipinski definition) is 3. The quantitative estimate of drug-likeness (QED) is 0.894. The van der Waals surface area contributed by atoms with Gasteiger partial charge in [-0.15, -0.1) is 11.3 Å². The maximum atomic E-state index is 12.5. The number of thiophene rings is 1. The topological polar surface area (TPSA) is 41.1 Å². The molecule has 1 aromatic heterocycles. The number of rotatable bonds is 3. The van der Waals surface area contributed by atoms with E-state index in [1.807, 2.05) is 0 Å². The first-order valence-electron chi connectivity index (χ1n) is 7.01. The van der Waals surface area contributed by atoms with E-state index >= 15 is 0 Å². The van der Waals surface area contributed by atoms with E-state index in [-0.39, 0.29) is 17.4 Å². The molecule has 0 saturated carbocycles. The fourth-order valence-corrected chi connectivity index (χ4v) is 3.76. The normalized spacial score (nSPS) is 20.0. The zero-order valence-corrected chi connectivity index (χ0v) is 13.1. The average molecular weight is 280 g/mol. The van der Waals surface area contributed by atoms with Crippen LogP contribution in [0, 0.1) is 19.3 Å². The molecule has 2 N–H and O–H groups in total. The van der Waals surface area contributed by atoms with Gasteiger partial charge in [-0.25, -0.2) is 0 Å². The summed E-state index contributed by atoms with van der Waals surface area (Å²) in [6, 6.07) is 2.29. The van der Waals surface area contributed by atoms with Crippen molar-refractivity contribution in [2.45, 2.75) is 46.6 Å². The summed E-state index contributed by atoms with van der Waals surface area (Å²) in [7, 11) is 0. The highest BCUT2D eigenvalue weighted by Gasteiger charge is 2.35. The molecule has 1 amide bonds. The summed E-state index contributed by atoms with van der Waals surface area (Å²) < 4.78 is 0. The molecule has 2 heterocycles. The average Bonchev–Trinajstić information content (AvgIpc) is 2.69. The van der Waals surface area contributed by atoms with Gasteiger partial charge in [0, 0.05) is 15.2 Å². The van der Waals surface area contributed by atoms with Crippen LogP contribution in [0.25, 0.3) is 0 Å². The second-order valence-corrected chi connectivity index (χ2v) is 7.33. The monoisotopic (exact) mass is 280 g/mol. The molecule has 1 fully saturated rings. The van der Waals surface area contributed by atoms with Gasteiger partial charge >= 0.3 is 0 Å². The molecular formula is C15H24N2OS. The van der Waals surface area contributed by atoms with Crippen molar-refractivity contribution in [1.29, 1.82) is 0 Å². The predicted octanol–water partition coefficient (Wildman–Crippen LogP) is 2.93. The summed E-state index contributed by atoms with van der Waals surface area (Å²) in [5.41, 5.74) is 1.05. The number of aryl methyl sites for hydroxylation is 2. The number of nitrogens with one attached hydrogen (secondary N) is 2. The van der Waals surface area contributed by atoms with E-state index in [0.29, 0.717) is 0 Å². The number of carbonyl (C=O) groups is 1. The molecular weight excluding hydrogens is 256 g/mol. The van der Waals surface area contributed by atoms with Gasteiger partial charge in [0.2, 0.25) is 5.91 Å². The van der Waals surface area contributed by atoms with E-state index in [2.05, 4.69) is 44.4 Å². The Morgan fingerprint density at radius 2 is 2.05 bits per heavy atom. The molecule has 1 aromatic rings. The minimum atomic E-state index is -0.210. The first kappa shape index (κ1) is 14.5. The maximum Gasteiger partial charge on any atom is 0.226 e. The number of amides is 1. The Balaban J connectivity index is 2.04. The Morgan fingerprint density at radius 1 is 1.42 bits per heavy atom. The molecule has 0 bridgehead atoms. The third-order valence-electron chi connectivity index (χ3n) is 4.15. The lowest BCUT2D eigenvalue weighted by Gasteiger charge is -2.33. The molecule has 0 aliphatic carbocycles. The van der Waals surface area contributed by atoms with E-state index in [9.17, 15) is 4.79 Å². The summed E-state index contributed by atoms with van der Waals surface area (Å²) in [4.78, 5) is 15.1. The van der Waals surface area contributed by atoms with Gasteiger partial charge < -0.3 is 10.6 Å². The first-order chi connectivity index (χ1) is 8.92. The fraction of sp³-hybridized carbons (Fsp3) is 0.667. The minimum absolute atomic E-state index is 0.101. The van der Waals surface area contributed by atoms with E-state index in [1.54, 1.807) is 11.3 Å². The van der Waals surface area contributed by atoms with Gasteiger partial charge in [0.05, 0.1) is 6.04 Å². The Kier molecular flexibility index (Phi) is 4.31. The molecule has 2 rings (SSSR count). The van der Waals surface area contributed by atoms with Crippen LogP contribution < -0.4 is 10.6 Å². The van der Waals surface area contributed by atoms with E-state index in [0.717, 1.165) is 25.9 Å². The van der Waals surface area contributed by atoms with Crippen LogP contribution in [0.3, 0.4) is 0 Å². The third-order valence-corrected chi connectivity index (χ3v) is 5.13. The van der Waals surface area contributed by atoms with E-state index in [4.69, 9.17) is 0 Å². The van der Waals surface area contributed by atoms with Crippen LogP contribution in [-0.4, -0.2) is 19.0 Å². The highest BCUT2D eigenvalue weighted by Crippen LogP contribution is 2.31.